The summed E-state index contributed by atoms with van der Waals surface area (Å²) in [5.74, 6) is -0.181. The molecule has 1 heterocycles. The molecule has 1 atom stereocenters. The van der Waals surface area contributed by atoms with Gasteiger partial charge in [-0.3, -0.25) is 5.10 Å². The molecule has 0 bridgehead atoms. The molecule has 11 nitrogen and oxygen atoms in total. The van der Waals surface area contributed by atoms with Gasteiger partial charge >= 0.3 is 0 Å². The molecule has 240 valence electrons. The third-order valence-electron chi connectivity index (χ3n) is 6.02. The quantitative estimate of drug-likeness (QED) is 0.177. The van der Waals surface area contributed by atoms with Crippen LogP contribution in [0.15, 0.2) is 58.4 Å². The number of aliphatic hydroxyl groups is 2. The van der Waals surface area contributed by atoms with E-state index in [2.05, 4.69) is 16.8 Å². The molecule has 3 N–H and O–H groups in total. The van der Waals surface area contributed by atoms with E-state index >= 15 is 0 Å². The molecular weight excluding hydrogens is 604 g/mol. The molecular formula is C28H47ClN4O7S2. The van der Waals surface area contributed by atoms with Crippen LogP contribution in [-0.2, 0) is 20.0 Å². The summed E-state index contributed by atoms with van der Waals surface area (Å²) in [5, 5.41) is 27.4. The van der Waals surface area contributed by atoms with Crippen LogP contribution in [0.2, 0.25) is 0 Å². The highest BCUT2D eigenvalue weighted by Crippen LogP contribution is 2.34. The average molecular weight is 651 g/mol. The second kappa shape index (κ2) is 18.9. The Hall–Kier alpha value is -2.58. The van der Waals surface area contributed by atoms with Gasteiger partial charge in [-0.1, -0.05) is 66.3 Å². The van der Waals surface area contributed by atoms with Crippen molar-refractivity contribution >= 4 is 37.2 Å². The predicted molar refractivity (Wildman–Crippen MR) is 171 cm³/mol. The van der Waals surface area contributed by atoms with Crippen molar-refractivity contribution < 1.29 is 31.8 Å². The maximum atomic E-state index is 12.8. The van der Waals surface area contributed by atoms with Crippen LogP contribution in [-0.4, -0.2) is 84.0 Å². The molecule has 0 fully saturated rings. The second-order valence-corrected chi connectivity index (χ2v) is 12.9. The molecule has 0 amide bonds. The minimum Gasteiger partial charge on any atom is -0.507 e. The molecule has 0 saturated heterocycles. The van der Waals surface area contributed by atoms with Crippen molar-refractivity contribution in [3.8, 4) is 5.75 Å². The van der Waals surface area contributed by atoms with E-state index in [1.165, 1.54) is 27.0 Å². The number of aliphatic hydroxyl groups excluding tert-OH is 2. The molecule has 2 rings (SSSR count). The molecule has 14 heteroatoms. The minimum atomic E-state index is -3.85. The fourth-order valence-corrected chi connectivity index (χ4v) is 6.98. The van der Waals surface area contributed by atoms with Gasteiger partial charge in [0, 0.05) is 50.1 Å². The predicted octanol–water partition coefficient (Wildman–Crippen LogP) is 5.86. The van der Waals surface area contributed by atoms with Crippen molar-refractivity contribution in [2.45, 2.75) is 67.9 Å². The lowest BCUT2D eigenvalue weighted by molar-refractivity contribution is 0.269. The first-order chi connectivity index (χ1) is 19.8. The number of hydrogen-bond acceptors (Lipinski definition) is 8. The molecule has 1 aliphatic carbocycles. The number of nitrogens with zero attached hydrogens (tertiary/aromatic N) is 3. The van der Waals surface area contributed by atoms with Crippen molar-refractivity contribution in [1.29, 1.82) is 0 Å². The van der Waals surface area contributed by atoms with E-state index < -0.39 is 25.8 Å². The molecule has 1 aromatic heterocycles. The van der Waals surface area contributed by atoms with Crippen LogP contribution < -0.4 is 4.74 Å². The second-order valence-electron chi connectivity index (χ2n) is 8.48. The van der Waals surface area contributed by atoms with E-state index in [4.69, 9.17) is 16.3 Å². The zero-order chi connectivity index (χ0) is 32.7. The number of halogens is 1. The first kappa shape index (κ1) is 39.4. The highest BCUT2D eigenvalue weighted by Gasteiger charge is 2.29. The van der Waals surface area contributed by atoms with Crippen LogP contribution in [0.25, 0.3) is 5.57 Å². The van der Waals surface area contributed by atoms with Crippen LogP contribution in [0.4, 0.5) is 0 Å². The zero-order valence-electron chi connectivity index (χ0n) is 25.9. The average Bonchev–Trinajstić information content (AvgIpc) is 3.34. The van der Waals surface area contributed by atoms with Gasteiger partial charge in [0.05, 0.1) is 11.1 Å². The van der Waals surface area contributed by atoms with Gasteiger partial charge < -0.3 is 14.9 Å². The van der Waals surface area contributed by atoms with Gasteiger partial charge in [0.15, 0.2) is 5.75 Å². The number of nitrogens with one attached hydrogen (secondary N) is 1. The van der Waals surface area contributed by atoms with E-state index in [-0.39, 0.29) is 47.7 Å². The van der Waals surface area contributed by atoms with Gasteiger partial charge in [0.25, 0.3) is 0 Å². The summed E-state index contributed by atoms with van der Waals surface area (Å²) in [6.45, 7) is 19.6. The van der Waals surface area contributed by atoms with Gasteiger partial charge in [-0.2, -0.15) is 13.7 Å². The zero-order valence-corrected chi connectivity index (χ0v) is 28.3. The largest absolute Gasteiger partial charge is 0.507 e. The lowest BCUT2D eigenvalue weighted by Gasteiger charge is -2.20. The fraction of sp³-hybridized carbons (Fsp3) is 0.536. The minimum absolute atomic E-state index is 0.0873. The number of alkyl halides is 1. The number of rotatable bonds is 13. The lowest BCUT2D eigenvalue weighted by atomic mass is 10.1. The van der Waals surface area contributed by atoms with E-state index in [9.17, 15) is 27.0 Å². The van der Waals surface area contributed by atoms with Gasteiger partial charge in [-0.05, 0) is 13.8 Å². The van der Waals surface area contributed by atoms with Crippen LogP contribution in [0.3, 0.4) is 0 Å². The highest BCUT2D eigenvalue weighted by molar-refractivity contribution is 7.93. The molecule has 1 aliphatic rings. The summed E-state index contributed by atoms with van der Waals surface area (Å²) < 4.78 is 57.2. The summed E-state index contributed by atoms with van der Waals surface area (Å²) in [7, 11) is -7.11. The number of hydrogen-bond donors (Lipinski definition) is 3. The molecule has 42 heavy (non-hydrogen) atoms. The third kappa shape index (κ3) is 10.3. The lowest BCUT2D eigenvalue weighted by Crippen LogP contribution is -2.32. The molecule has 0 saturated carbocycles. The molecule has 0 radical (unpaired) electrons. The summed E-state index contributed by atoms with van der Waals surface area (Å²) in [5.41, 5.74) is 0.668. The Kier molecular flexibility index (Phi) is 17.7. The Morgan fingerprint density at radius 2 is 1.67 bits per heavy atom. The normalized spacial score (nSPS) is 15.1. The maximum Gasteiger partial charge on any atom is 0.243 e. The first-order valence-electron chi connectivity index (χ1n) is 13.9. The Labute approximate surface area is 257 Å². The topological polar surface area (TPSA) is 153 Å². The number of allylic oxidation sites excluding steroid dienone is 6. The van der Waals surface area contributed by atoms with Gasteiger partial charge in [0.1, 0.15) is 28.2 Å². The van der Waals surface area contributed by atoms with Crippen LogP contribution in [0.5, 0.6) is 5.75 Å². The number of aromatic nitrogens is 2. The molecule has 1 aromatic rings. The van der Waals surface area contributed by atoms with E-state index in [0.29, 0.717) is 29.4 Å². The summed E-state index contributed by atoms with van der Waals surface area (Å²) >= 11 is 5.43. The number of sulfonamides is 2. The van der Waals surface area contributed by atoms with E-state index in [1.807, 2.05) is 27.7 Å². The monoisotopic (exact) mass is 650 g/mol. The maximum absolute atomic E-state index is 12.8. The summed E-state index contributed by atoms with van der Waals surface area (Å²) in [4.78, 5) is 0.153. The van der Waals surface area contributed by atoms with Gasteiger partial charge in [0.2, 0.25) is 20.0 Å². The number of ether oxygens (including phenoxy) is 1. The van der Waals surface area contributed by atoms with Crippen molar-refractivity contribution in [3.05, 3.63) is 64.1 Å². The Morgan fingerprint density at radius 1 is 1.12 bits per heavy atom. The van der Waals surface area contributed by atoms with Gasteiger partial charge in [-0.15, -0.1) is 11.6 Å². The van der Waals surface area contributed by atoms with E-state index in [0.717, 1.165) is 6.08 Å². The molecule has 0 aromatic carbocycles. The van der Waals surface area contributed by atoms with Gasteiger partial charge in [-0.25, -0.2) is 16.8 Å². The van der Waals surface area contributed by atoms with Crippen LogP contribution in [0.1, 0.15) is 67.5 Å². The van der Waals surface area contributed by atoms with Crippen molar-refractivity contribution in [3.63, 3.8) is 0 Å². The molecule has 0 aliphatic heterocycles. The standard InChI is InChI=1S/C18H25N3O5S.C8H16ClNO2S.C2H6/c1-5-12(4)26-16-11-19-20-18(16)13-8-9-17(15(23)10-14(13)22)27(24,25)21(6-2)7-3;1-4-10(5-2)13(11,12)8(3)6-7-9;1-2/h5,8,10-12,22-23H,1,6-7,9H2,2-4H3,(H,19,20);6H,4-5,7H2,1-3H3;1-2H3/b;8-6+;. The molecule has 1 unspecified atom stereocenters. The Bertz CT molecular complexity index is 1340. The van der Waals surface area contributed by atoms with Crippen molar-refractivity contribution in [2.75, 3.05) is 32.1 Å². The SMILES string of the molecule is C=CC(C)Oc1cn[nH]c1C1=CCC(S(=O)(=O)N(CC)CC)=C(O)C=C1O.CC.CCN(CC)S(=O)(=O)/C(C)=C/CCl. The highest BCUT2D eigenvalue weighted by atomic mass is 35.5. The Morgan fingerprint density at radius 3 is 2.14 bits per heavy atom. The van der Waals surface area contributed by atoms with Crippen molar-refractivity contribution in [1.82, 2.24) is 18.8 Å². The smallest absolute Gasteiger partial charge is 0.243 e. The van der Waals surface area contributed by atoms with E-state index in [1.54, 1.807) is 33.8 Å². The van der Waals surface area contributed by atoms with Crippen molar-refractivity contribution in [2.24, 2.45) is 0 Å². The number of aromatic amines is 1. The third-order valence-corrected chi connectivity index (χ3v) is 10.5. The van der Waals surface area contributed by atoms with Crippen LogP contribution in [0, 0.1) is 0 Å². The fourth-order valence-electron chi connectivity index (χ4n) is 3.67. The Balaban J connectivity index is 0.000000945. The summed E-state index contributed by atoms with van der Waals surface area (Å²) in [6.07, 6.45) is 6.74. The van der Waals surface area contributed by atoms with Crippen LogP contribution >= 0.6 is 11.6 Å². The first-order valence-corrected chi connectivity index (χ1v) is 17.3. The number of H-pyrrole nitrogens is 1. The molecule has 0 spiro atoms. The summed E-state index contributed by atoms with van der Waals surface area (Å²) in [6, 6.07) is 0.